The third kappa shape index (κ3) is 2.24. The summed E-state index contributed by atoms with van der Waals surface area (Å²) in [6, 6.07) is -0.603. The Kier molecular flexibility index (Phi) is 2.96. The van der Waals surface area contributed by atoms with Gasteiger partial charge in [-0.05, 0) is 12.8 Å². The number of nitrogens with zero attached hydrogens (tertiary/aromatic N) is 2. The van der Waals surface area contributed by atoms with Crippen LogP contribution in [0.1, 0.15) is 19.3 Å². The molecule has 0 saturated carbocycles. The molecule has 11 heavy (non-hydrogen) atoms. The summed E-state index contributed by atoms with van der Waals surface area (Å²) in [5.74, 6) is 0. The van der Waals surface area contributed by atoms with Gasteiger partial charge in [0.25, 0.3) is 0 Å². The van der Waals surface area contributed by atoms with Crippen LogP contribution < -0.4 is 5.73 Å². The summed E-state index contributed by atoms with van der Waals surface area (Å²) in [6.45, 7) is 1.65. The highest BCUT2D eigenvalue weighted by molar-refractivity contribution is 6.20. The predicted molar refractivity (Wildman–Crippen MR) is 42.7 cm³/mol. The molecule has 0 atom stereocenters. The number of hydrogen-bond donors (Lipinski definition) is 1. The van der Waals surface area contributed by atoms with Crippen molar-refractivity contribution in [2.24, 2.45) is 5.73 Å². The number of hydrogen-bond acceptors (Lipinski definition) is 2. The maximum absolute atomic E-state index is 10.6. The topological polar surface area (TPSA) is 49.6 Å². The van der Waals surface area contributed by atoms with Gasteiger partial charge in [0.05, 0.1) is 0 Å². The van der Waals surface area contributed by atoms with E-state index < -0.39 is 6.03 Å². The van der Waals surface area contributed by atoms with E-state index in [2.05, 4.69) is 0 Å². The van der Waals surface area contributed by atoms with Gasteiger partial charge in [-0.1, -0.05) is 6.42 Å². The molecule has 1 rings (SSSR count). The number of hydrazine groups is 1. The number of urea groups is 1. The van der Waals surface area contributed by atoms with Crippen LogP contribution in [0.15, 0.2) is 0 Å². The zero-order valence-electron chi connectivity index (χ0n) is 6.29. The summed E-state index contributed by atoms with van der Waals surface area (Å²) in [7, 11) is 0. The molecule has 0 aromatic carbocycles. The lowest BCUT2D eigenvalue weighted by atomic mass is 10.2. The van der Waals surface area contributed by atoms with Gasteiger partial charge in [-0.2, -0.15) is 4.53 Å². The second-order valence-electron chi connectivity index (χ2n) is 2.61. The third-order valence-corrected chi connectivity index (χ3v) is 2.14. The van der Waals surface area contributed by atoms with Crippen molar-refractivity contribution in [3.63, 3.8) is 0 Å². The Balaban J connectivity index is 2.38. The average molecular weight is 178 g/mol. The molecular formula is C6H12ClN3O. The smallest absolute Gasteiger partial charge is 0.344 e. The number of carbonyl (C=O) groups is 1. The number of piperidine rings is 1. The second-order valence-corrected chi connectivity index (χ2v) is 2.93. The minimum Gasteiger partial charge on any atom is -0.349 e. The van der Waals surface area contributed by atoms with Crippen molar-refractivity contribution >= 4 is 17.8 Å². The molecule has 0 aromatic heterocycles. The van der Waals surface area contributed by atoms with Crippen molar-refractivity contribution < 1.29 is 4.79 Å². The summed E-state index contributed by atoms with van der Waals surface area (Å²) in [5, 5.41) is 1.76. The molecule has 4 nitrogen and oxygen atoms in total. The highest BCUT2D eigenvalue weighted by Crippen LogP contribution is 2.12. The third-order valence-electron chi connectivity index (χ3n) is 1.76. The lowest BCUT2D eigenvalue weighted by Crippen LogP contribution is -2.45. The molecule has 0 radical (unpaired) electrons. The molecule has 5 heteroatoms. The summed E-state index contributed by atoms with van der Waals surface area (Å²) in [5.41, 5.74) is 4.98. The number of nitrogens with two attached hydrogens (primary N) is 1. The lowest BCUT2D eigenvalue weighted by molar-refractivity contribution is 0.0715. The normalized spacial score (nSPS) is 19.7. The van der Waals surface area contributed by atoms with Gasteiger partial charge in [0.2, 0.25) is 0 Å². The van der Waals surface area contributed by atoms with E-state index in [0.717, 1.165) is 30.5 Å². The molecule has 2 amide bonds. The van der Waals surface area contributed by atoms with Crippen LogP contribution in [0, 0.1) is 0 Å². The van der Waals surface area contributed by atoms with Crippen LogP contribution in [-0.4, -0.2) is 28.7 Å². The number of amides is 2. The summed E-state index contributed by atoms with van der Waals surface area (Å²) < 4.78 is 0.971. The van der Waals surface area contributed by atoms with E-state index in [1.807, 2.05) is 0 Å². The first kappa shape index (κ1) is 8.62. The van der Waals surface area contributed by atoms with Crippen molar-refractivity contribution in [1.29, 1.82) is 0 Å². The summed E-state index contributed by atoms with van der Waals surface area (Å²) in [6.07, 6.45) is 3.37. The van der Waals surface area contributed by atoms with Gasteiger partial charge in [0.1, 0.15) is 0 Å². The van der Waals surface area contributed by atoms with Crippen LogP contribution in [0.5, 0.6) is 0 Å². The van der Waals surface area contributed by atoms with Crippen molar-refractivity contribution in [2.45, 2.75) is 19.3 Å². The molecule has 1 heterocycles. The Morgan fingerprint density at radius 3 is 2.36 bits per heavy atom. The molecule has 1 saturated heterocycles. The first-order valence-electron chi connectivity index (χ1n) is 3.72. The number of carbonyl (C=O) groups excluding carboxylic acids is 1. The molecule has 1 aliphatic rings. The molecule has 0 bridgehead atoms. The van der Waals surface area contributed by atoms with Gasteiger partial charge >= 0.3 is 6.03 Å². The predicted octanol–water partition coefficient (Wildman–Crippen LogP) is 0.922. The standard InChI is InChI=1S/C6H12ClN3O/c7-10(6(8)11)9-4-2-1-3-5-9/h1-5H2,(H2,8,11). The van der Waals surface area contributed by atoms with Crippen LogP contribution >= 0.6 is 11.8 Å². The molecule has 64 valence electrons. The van der Waals surface area contributed by atoms with E-state index in [1.165, 1.54) is 6.42 Å². The zero-order valence-corrected chi connectivity index (χ0v) is 7.05. The van der Waals surface area contributed by atoms with Crippen LogP contribution in [-0.2, 0) is 0 Å². The van der Waals surface area contributed by atoms with E-state index in [0.29, 0.717) is 0 Å². The van der Waals surface area contributed by atoms with Gasteiger partial charge < -0.3 is 5.73 Å². The average Bonchev–Trinajstić information content (AvgIpc) is 2.05. The van der Waals surface area contributed by atoms with Gasteiger partial charge in [-0.25, -0.2) is 9.80 Å². The molecular weight excluding hydrogens is 166 g/mol. The van der Waals surface area contributed by atoms with Crippen LogP contribution in [0.2, 0.25) is 0 Å². The summed E-state index contributed by atoms with van der Waals surface area (Å²) in [4.78, 5) is 10.6. The number of rotatable bonds is 1. The fraction of sp³-hybridized carbons (Fsp3) is 0.833. The number of halogens is 1. The Labute approximate surface area is 71.0 Å². The fourth-order valence-electron chi connectivity index (χ4n) is 1.19. The highest BCUT2D eigenvalue weighted by Gasteiger charge is 2.18. The quantitative estimate of drug-likeness (QED) is 0.606. The van der Waals surface area contributed by atoms with Crippen molar-refractivity contribution in [3.05, 3.63) is 0 Å². The maximum Gasteiger partial charge on any atom is 0.344 e. The van der Waals surface area contributed by atoms with Crippen LogP contribution in [0.4, 0.5) is 4.79 Å². The highest BCUT2D eigenvalue weighted by atomic mass is 35.5. The monoisotopic (exact) mass is 177 g/mol. The van der Waals surface area contributed by atoms with E-state index >= 15 is 0 Å². The minimum atomic E-state index is -0.603. The van der Waals surface area contributed by atoms with Crippen LogP contribution in [0.25, 0.3) is 0 Å². The Hall–Kier alpha value is -0.480. The zero-order chi connectivity index (χ0) is 8.27. The maximum atomic E-state index is 10.6. The SMILES string of the molecule is NC(=O)N(Cl)N1CCCCC1. The van der Waals surface area contributed by atoms with E-state index in [-0.39, 0.29) is 0 Å². The van der Waals surface area contributed by atoms with Crippen molar-refractivity contribution in [1.82, 2.24) is 9.54 Å². The molecule has 0 unspecified atom stereocenters. The number of primary amides is 1. The Morgan fingerprint density at radius 1 is 1.36 bits per heavy atom. The molecule has 2 N–H and O–H groups in total. The Morgan fingerprint density at radius 2 is 1.91 bits per heavy atom. The Bertz CT molecular complexity index is 147. The molecule has 0 aliphatic carbocycles. The molecule has 1 fully saturated rings. The summed E-state index contributed by atoms with van der Waals surface area (Å²) >= 11 is 5.58. The van der Waals surface area contributed by atoms with E-state index in [1.54, 1.807) is 5.01 Å². The van der Waals surface area contributed by atoms with Crippen molar-refractivity contribution in [2.75, 3.05) is 13.1 Å². The lowest BCUT2D eigenvalue weighted by Gasteiger charge is -2.30. The van der Waals surface area contributed by atoms with Gasteiger partial charge in [0.15, 0.2) is 0 Å². The molecule has 1 aliphatic heterocycles. The fourth-order valence-corrected chi connectivity index (χ4v) is 1.34. The van der Waals surface area contributed by atoms with Crippen molar-refractivity contribution in [3.8, 4) is 0 Å². The first-order chi connectivity index (χ1) is 5.22. The minimum absolute atomic E-state index is 0.603. The van der Waals surface area contributed by atoms with E-state index in [9.17, 15) is 4.79 Å². The second kappa shape index (κ2) is 3.78. The molecule has 0 aromatic rings. The van der Waals surface area contributed by atoms with Gasteiger partial charge in [-0.15, -0.1) is 0 Å². The largest absolute Gasteiger partial charge is 0.349 e. The van der Waals surface area contributed by atoms with Crippen LogP contribution in [0.3, 0.4) is 0 Å². The van der Waals surface area contributed by atoms with E-state index in [4.69, 9.17) is 17.5 Å². The molecule has 0 spiro atoms. The van der Waals surface area contributed by atoms with Gasteiger partial charge in [0, 0.05) is 24.9 Å². The van der Waals surface area contributed by atoms with Gasteiger partial charge in [-0.3, -0.25) is 0 Å². The first-order valence-corrected chi connectivity index (χ1v) is 4.06.